The van der Waals surface area contributed by atoms with Gasteiger partial charge in [-0.3, -0.25) is 4.79 Å². The van der Waals surface area contributed by atoms with E-state index in [4.69, 9.17) is 4.74 Å². The number of amides is 1. The summed E-state index contributed by atoms with van der Waals surface area (Å²) >= 11 is 0. The normalized spacial score (nSPS) is 21.7. The lowest BCUT2D eigenvalue weighted by Gasteiger charge is -2.49. The van der Waals surface area contributed by atoms with Gasteiger partial charge in [0.15, 0.2) is 0 Å². The van der Waals surface area contributed by atoms with E-state index in [1.54, 1.807) is 12.3 Å². The zero-order valence-electron chi connectivity index (χ0n) is 18.4. The van der Waals surface area contributed by atoms with E-state index in [9.17, 15) is 9.18 Å². The highest BCUT2D eigenvalue weighted by atomic mass is 19.1. The highest BCUT2D eigenvalue weighted by Gasteiger charge is 2.43. The van der Waals surface area contributed by atoms with Gasteiger partial charge in [0, 0.05) is 12.6 Å². The van der Waals surface area contributed by atoms with E-state index in [0.717, 1.165) is 30.3 Å². The minimum atomic E-state index is -0.454. The van der Waals surface area contributed by atoms with Crippen molar-refractivity contribution in [3.8, 4) is 11.6 Å². The second-order valence-corrected chi connectivity index (χ2v) is 8.93. The summed E-state index contributed by atoms with van der Waals surface area (Å²) in [5.74, 6) is 0.535. The Morgan fingerprint density at radius 1 is 1.09 bits per heavy atom. The SMILES string of the molecule is O=C(c1cc(F)ccc1-n1nccn1)N1CC2CCC1CC2COc1cnc2ccccc2n1. The summed E-state index contributed by atoms with van der Waals surface area (Å²) in [6.45, 7) is 1.17. The van der Waals surface area contributed by atoms with E-state index in [0.29, 0.717) is 36.6 Å². The molecule has 8 nitrogen and oxygen atoms in total. The first-order chi connectivity index (χ1) is 16.7. The van der Waals surface area contributed by atoms with Crippen LogP contribution in [0.3, 0.4) is 0 Å². The maximum atomic E-state index is 14.1. The Bertz CT molecular complexity index is 1340. The zero-order chi connectivity index (χ0) is 23.1. The van der Waals surface area contributed by atoms with Gasteiger partial charge >= 0.3 is 0 Å². The highest BCUT2D eigenvalue weighted by molar-refractivity contribution is 5.98. The molecule has 2 saturated heterocycles. The molecule has 0 radical (unpaired) electrons. The number of ether oxygens (including phenoxy) is 1. The quantitative estimate of drug-likeness (QED) is 0.454. The third-order valence-corrected chi connectivity index (χ3v) is 6.94. The van der Waals surface area contributed by atoms with Crippen molar-refractivity contribution in [2.45, 2.75) is 25.3 Å². The molecule has 2 bridgehead atoms. The number of fused-ring (bicyclic) bond motifs is 4. The molecule has 3 unspecified atom stereocenters. The van der Waals surface area contributed by atoms with Crippen LogP contribution in [0.25, 0.3) is 16.7 Å². The van der Waals surface area contributed by atoms with Crippen LogP contribution in [-0.4, -0.2) is 55.0 Å². The van der Waals surface area contributed by atoms with Crippen molar-refractivity contribution >= 4 is 16.9 Å². The predicted molar refractivity (Wildman–Crippen MR) is 122 cm³/mol. The number of piperidine rings is 2. The largest absolute Gasteiger partial charge is 0.476 e. The number of hydrogen-bond acceptors (Lipinski definition) is 6. The van der Waals surface area contributed by atoms with Crippen molar-refractivity contribution in [1.29, 1.82) is 0 Å². The number of benzene rings is 2. The molecule has 3 fully saturated rings. The zero-order valence-corrected chi connectivity index (χ0v) is 18.4. The average Bonchev–Trinajstić information content (AvgIpc) is 3.42. The molecule has 34 heavy (non-hydrogen) atoms. The van der Waals surface area contributed by atoms with E-state index >= 15 is 0 Å². The molecule has 0 N–H and O–H groups in total. The van der Waals surface area contributed by atoms with Crippen molar-refractivity contribution in [2.24, 2.45) is 11.8 Å². The van der Waals surface area contributed by atoms with Gasteiger partial charge in [0.25, 0.3) is 5.91 Å². The molecule has 1 saturated carbocycles. The van der Waals surface area contributed by atoms with Crippen LogP contribution in [-0.2, 0) is 0 Å². The number of carbonyl (C=O) groups excluding carboxylic acids is 1. The van der Waals surface area contributed by atoms with Gasteiger partial charge in [-0.2, -0.15) is 15.0 Å². The summed E-state index contributed by atoms with van der Waals surface area (Å²) in [5.41, 5.74) is 2.40. The predicted octanol–water partition coefficient (Wildman–Crippen LogP) is 3.67. The van der Waals surface area contributed by atoms with Gasteiger partial charge in [0.1, 0.15) is 5.82 Å². The summed E-state index contributed by atoms with van der Waals surface area (Å²) in [6, 6.07) is 11.9. The van der Waals surface area contributed by atoms with Crippen LogP contribution in [0, 0.1) is 17.7 Å². The standard InChI is InChI=1S/C25H23FN6O2/c26-18-6-8-23(32-28-9-10-29-32)20(12-18)25(33)31-14-16-5-7-19(31)11-17(16)15-34-24-13-27-21-3-1-2-4-22(21)30-24/h1-4,6,8-10,12-13,16-17,19H,5,7,11,14-15H2. The van der Waals surface area contributed by atoms with Gasteiger partial charge in [-0.05, 0) is 61.4 Å². The summed E-state index contributed by atoms with van der Waals surface area (Å²) in [7, 11) is 0. The molecule has 9 heteroatoms. The first-order valence-electron chi connectivity index (χ1n) is 11.5. The van der Waals surface area contributed by atoms with Gasteiger partial charge in [-0.15, -0.1) is 0 Å². The lowest BCUT2D eigenvalue weighted by Crippen LogP contribution is -2.55. The van der Waals surface area contributed by atoms with Gasteiger partial charge in [0.05, 0.1) is 47.5 Å². The topological polar surface area (TPSA) is 86.0 Å². The second kappa shape index (κ2) is 8.48. The molecule has 1 aliphatic carbocycles. The molecular formula is C25H23FN6O2. The van der Waals surface area contributed by atoms with Crippen LogP contribution in [0.1, 0.15) is 29.6 Å². The fraction of sp³-hybridized carbons (Fsp3) is 0.320. The maximum Gasteiger partial charge on any atom is 0.256 e. The summed E-state index contributed by atoms with van der Waals surface area (Å²) in [6.07, 6.45) is 7.56. The number of halogens is 1. The van der Waals surface area contributed by atoms with Crippen LogP contribution in [0.5, 0.6) is 5.88 Å². The molecule has 172 valence electrons. The fourth-order valence-electron chi connectivity index (χ4n) is 5.23. The second-order valence-electron chi connectivity index (χ2n) is 8.93. The Hall–Kier alpha value is -3.88. The third-order valence-electron chi connectivity index (χ3n) is 6.94. The number of aromatic nitrogens is 5. The van der Waals surface area contributed by atoms with E-state index in [1.807, 2.05) is 29.2 Å². The minimum Gasteiger partial charge on any atom is -0.476 e. The Labute approximate surface area is 195 Å². The molecule has 3 aliphatic rings. The number of carbonyl (C=O) groups is 1. The Morgan fingerprint density at radius 3 is 2.71 bits per heavy atom. The Morgan fingerprint density at radius 2 is 1.91 bits per heavy atom. The van der Waals surface area contributed by atoms with Crippen molar-refractivity contribution in [3.63, 3.8) is 0 Å². The fourth-order valence-corrected chi connectivity index (χ4v) is 5.23. The summed E-state index contributed by atoms with van der Waals surface area (Å²) in [4.78, 5) is 25.7. The molecule has 3 atom stereocenters. The first-order valence-corrected chi connectivity index (χ1v) is 11.5. The van der Waals surface area contributed by atoms with Crippen LogP contribution < -0.4 is 4.74 Å². The minimum absolute atomic E-state index is 0.0930. The monoisotopic (exact) mass is 458 g/mol. The molecular weight excluding hydrogens is 435 g/mol. The van der Waals surface area contributed by atoms with Crippen molar-refractivity contribution in [2.75, 3.05) is 13.2 Å². The molecule has 2 aromatic heterocycles. The number of para-hydroxylation sites is 2. The lowest BCUT2D eigenvalue weighted by molar-refractivity contribution is -0.00476. The van der Waals surface area contributed by atoms with Crippen molar-refractivity contribution < 1.29 is 13.9 Å². The highest BCUT2D eigenvalue weighted by Crippen LogP contribution is 2.40. The Balaban J connectivity index is 1.17. The van der Waals surface area contributed by atoms with Crippen molar-refractivity contribution in [1.82, 2.24) is 29.9 Å². The smallest absolute Gasteiger partial charge is 0.256 e. The van der Waals surface area contributed by atoms with Gasteiger partial charge in [-0.1, -0.05) is 12.1 Å². The maximum absolute atomic E-state index is 14.1. The Kier molecular flexibility index (Phi) is 5.16. The molecule has 2 aromatic carbocycles. The van der Waals surface area contributed by atoms with Crippen LogP contribution in [0.2, 0.25) is 0 Å². The molecule has 4 aromatic rings. The molecule has 1 amide bonds. The van der Waals surface area contributed by atoms with E-state index in [-0.39, 0.29) is 17.5 Å². The van der Waals surface area contributed by atoms with Crippen LogP contribution in [0.15, 0.2) is 61.1 Å². The van der Waals surface area contributed by atoms with Gasteiger partial charge in [-0.25, -0.2) is 14.4 Å². The van der Waals surface area contributed by atoms with E-state index in [1.165, 1.54) is 29.3 Å². The summed E-state index contributed by atoms with van der Waals surface area (Å²) < 4.78 is 20.1. The van der Waals surface area contributed by atoms with Crippen molar-refractivity contribution in [3.05, 3.63) is 72.4 Å². The lowest BCUT2D eigenvalue weighted by atomic mass is 9.72. The van der Waals surface area contributed by atoms with Crippen LogP contribution in [0.4, 0.5) is 4.39 Å². The van der Waals surface area contributed by atoms with E-state index < -0.39 is 5.82 Å². The molecule has 2 aliphatic heterocycles. The molecule has 4 heterocycles. The molecule has 0 spiro atoms. The molecule has 7 rings (SSSR count). The number of rotatable bonds is 5. The number of nitrogens with zero attached hydrogens (tertiary/aromatic N) is 6. The summed E-state index contributed by atoms with van der Waals surface area (Å²) in [5, 5.41) is 8.24. The van der Waals surface area contributed by atoms with Gasteiger partial charge in [0.2, 0.25) is 5.88 Å². The first kappa shape index (κ1) is 20.7. The van der Waals surface area contributed by atoms with Gasteiger partial charge < -0.3 is 9.64 Å². The average molecular weight is 458 g/mol. The third kappa shape index (κ3) is 3.76. The van der Waals surface area contributed by atoms with E-state index in [2.05, 4.69) is 20.2 Å². The van der Waals surface area contributed by atoms with Crippen LogP contribution >= 0.6 is 0 Å². The number of hydrogen-bond donors (Lipinski definition) is 0.